The van der Waals surface area contributed by atoms with Crippen LogP contribution in [-0.2, 0) is 7.05 Å². The second-order valence-electron chi connectivity index (χ2n) is 5.54. The summed E-state index contributed by atoms with van der Waals surface area (Å²) in [5.41, 5.74) is 0.814. The summed E-state index contributed by atoms with van der Waals surface area (Å²) in [4.78, 5) is 23.4. The lowest BCUT2D eigenvalue weighted by molar-refractivity contribution is 0.122. The molecule has 0 aliphatic carbocycles. The fraction of sp³-hybridized carbons (Fsp3) is 0.429. The number of anilines is 3. The van der Waals surface area contributed by atoms with Crippen molar-refractivity contribution < 1.29 is 9.90 Å². The quantitative estimate of drug-likeness (QED) is 0.875. The molecule has 1 unspecified atom stereocenters. The average Bonchev–Trinajstić information content (AvgIpc) is 2.92. The van der Waals surface area contributed by atoms with E-state index < -0.39 is 6.09 Å². The van der Waals surface area contributed by atoms with Gasteiger partial charge in [-0.25, -0.2) is 9.78 Å². The van der Waals surface area contributed by atoms with Gasteiger partial charge in [-0.2, -0.15) is 10.1 Å². The van der Waals surface area contributed by atoms with Crippen molar-refractivity contribution in [2.75, 3.05) is 29.9 Å². The van der Waals surface area contributed by atoms with Crippen molar-refractivity contribution in [1.29, 1.82) is 0 Å². The van der Waals surface area contributed by atoms with Crippen LogP contribution < -0.4 is 10.2 Å². The third-order valence-electron chi connectivity index (χ3n) is 3.80. The summed E-state index contributed by atoms with van der Waals surface area (Å²) in [7, 11) is 1.84. The second-order valence-corrected chi connectivity index (χ2v) is 5.54. The van der Waals surface area contributed by atoms with E-state index in [1.807, 2.05) is 26.2 Å². The van der Waals surface area contributed by atoms with Gasteiger partial charge in [0.05, 0.1) is 11.9 Å². The van der Waals surface area contributed by atoms with Crippen LogP contribution in [0.2, 0.25) is 0 Å². The second kappa shape index (κ2) is 6.11. The number of carbonyl (C=O) groups is 1. The average molecular weight is 317 g/mol. The van der Waals surface area contributed by atoms with Gasteiger partial charge in [-0.05, 0) is 13.0 Å². The minimum Gasteiger partial charge on any atom is -0.465 e. The lowest BCUT2D eigenvalue weighted by Crippen LogP contribution is -2.53. The maximum Gasteiger partial charge on any atom is 0.407 e. The third kappa shape index (κ3) is 3.33. The lowest BCUT2D eigenvalue weighted by atomic mass is 10.2. The fourth-order valence-electron chi connectivity index (χ4n) is 2.65. The van der Waals surface area contributed by atoms with Crippen LogP contribution in [-0.4, -0.2) is 61.5 Å². The Kier molecular flexibility index (Phi) is 4.00. The standard InChI is InChI=1S/C14H19N7O2/c1-10-8-20(5-6-21(10)14(22)23)12-3-4-15-13(18-12)17-11-7-16-19(2)9-11/h3-4,7,9-10H,5-6,8H2,1-2H3,(H,22,23)(H,15,17,18). The van der Waals surface area contributed by atoms with Crippen LogP contribution in [0.4, 0.5) is 22.2 Å². The molecule has 1 aliphatic rings. The molecule has 122 valence electrons. The van der Waals surface area contributed by atoms with Gasteiger partial charge in [0, 0.05) is 45.1 Å². The highest BCUT2D eigenvalue weighted by atomic mass is 16.4. The Labute approximate surface area is 133 Å². The molecule has 0 spiro atoms. The SMILES string of the molecule is CC1CN(c2ccnc(Nc3cnn(C)c3)n2)CCN1C(=O)O. The van der Waals surface area contributed by atoms with Crippen molar-refractivity contribution in [3.8, 4) is 0 Å². The first kappa shape index (κ1) is 15.1. The number of rotatable bonds is 3. The number of piperazine rings is 1. The van der Waals surface area contributed by atoms with E-state index in [9.17, 15) is 4.79 Å². The van der Waals surface area contributed by atoms with Crippen molar-refractivity contribution in [3.05, 3.63) is 24.7 Å². The van der Waals surface area contributed by atoms with Crippen LogP contribution in [0.25, 0.3) is 0 Å². The topological polar surface area (TPSA) is 99.4 Å². The number of carboxylic acid groups (broad SMARTS) is 1. The molecule has 2 N–H and O–H groups in total. The number of hydrogen-bond acceptors (Lipinski definition) is 6. The molecule has 0 aromatic carbocycles. The minimum absolute atomic E-state index is 0.0778. The fourth-order valence-corrected chi connectivity index (χ4v) is 2.65. The zero-order valence-corrected chi connectivity index (χ0v) is 13.0. The van der Waals surface area contributed by atoms with Gasteiger partial charge in [0.1, 0.15) is 5.82 Å². The number of hydrogen-bond donors (Lipinski definition) is 2. The van der Waals surface area contributed by atoms with Crippen LogP contribution >= 0.6 is 0 Å². The molecule has 3 rings (SSSR count). The van der Waals surface area contributed by atoms with Crippen molar-refractivity contribution in [1.82, 2.24) is 24.6 Å². The van der Waals surface area contributed by atoms with Crippen LogP contribution in [0.15, 0.2) is 24.7 Å². The Hall–Kier alpha value is -2.84. The molecule has 23 heavy (non-hydrogen) atoms. The number of amides is 1. The van der Waals surface area contributed by atoms with Gasteiger partial charge >= 0.3 is 6.09 Å². The Morgan fingerprint density at radius 3 is 2.91 bits per heavy atom. The molecule has 1 saturated heterocycles. The predicted octanol–water partition coefficient (Wildman–Crippen LogP) is 1.14. The first-order chi connectivity index (χ1) is 11.0. The van der Waals surface area contributed by atoms with Crippen LogP contribution in [0.5, 0.6) is 0 Å². The molecule has 9 heteroatoms. The largest absolute Gasteiger partial charge is 0.465 e. The molecule has 0 saturated carbocycles. The molecule has 0 bridgehead atoms. The van der Waals surface area contributed by atoms with Crippen LogP contribution in [0.1, 0.15) is 6.92 Å². The maximum absolute atomic E-state index is 11.1. The predicted molar refractivity (Wildman–Crippen MR) is 84.9 cm³/mol. The van der Waals surface area contributed by atoms with E-state index in [-0.39, 0.29) is 6.04 Å². The molecular formula is C14H19N7O2. The third-order valence-corrected chi connectivity index (χ3v) is 3.80. The van der Waals surface area contributed by atoms with Gasteiger partial charge in [-0.3, -0.25) is 4.68 Å². The Balaban J connectivity index is 1.71. The van der Waals surface area contributed by atoms with Crippen LogP contribution in [0, 0.1) is 0 Å². The van der Waals surface area contributed by atoms with Crippen molar-refractivity contribution in [3.63, 3.8) is 0 Å². The molecule has 2 aromatic heterocycles. The number of nitrogens with one attached hydrogen (secondary N) is 1. The molecule has 9 nitrogen and oxygen atoms in total. The molecule has 3 heterocycles. The molecule has 1 atom stereocenters. The van der Waals surface area contributed by atoms with Crippen LogP contribution in [0.3, 0.4) is 0 Å². The van der Waals surface area contributed by atoms with E-state index in [4.69, 9.17) is 5.11 Å². The summed E-state index contributed by atoms with van der Waals surface area (Å²) in [5, 5.41) is 16.3. The zero-order valence-electron chi connectivity index (χ0n) is 13.0. The van der Waals surface area contributed by atoms with Gasteiger partial charge in [-0.15, -0.1) is 0 Å². The summed E-state index contributed by atoms with van der Waals surface area (Å²) in [6.07, 6.45) is 4.35. The van der Waals surface area contributed by atoms with E-state index in [1.54, 1.807) is 17.1 Å². The summed E-state index contributed by atoms with van der Waals surface area (Å²) >= 11 is 0. The van der Waals surface area contributed by atoms with E-state index in [2.05, 4.69) is 25.3 Å². The first-order valence-corrected chi connectivity index (χ1v) is 7.36. The summed E-state index contributed by atoms with van der Waals surface area (Å²) < 4.78 is 1.69. The van der Waals surface area contributed by atoms with Gasteiger partial charge in [0.2, 0.25) is 5.95 Å². The minimum atomic E-state index is -0.876. The van der Waals surface area contributed by atoms with E-state index in [0.29, 0.717) is 25.6 Å². The number of aryl methyl sites for hydroxylation is 1. The van der Waals surface area contributed by atoms with Gasteiger partial charge in [0.25, 0.3) is 0 Å². The highest BCUT2D eigenvalue weighted by Gasteiger charge is 2.27. The summed E-state index contributed by atoms with van der Waals surface area (Å²) in [6, 6.07) is 1.75. The van der Waals surface area contributed by atoms with Gasteiger partial charge in [0.15, 0.2) is 0 Å². The monoisotopic (exact) mass is 317 g/mol. The number of nitrogens with zero attached hydrogens (tertiary/aromatic N) is 6. The molecule has 1 amide bonds. The normalized spacial score (nSPS) is 18.1. The van der Waals surface area contributed by atoms with Gasteiger partial charge < -0.3 is 20.2 Å². The molecule has 2 aromatic rings. The molecule has 0 radical (unpaired) electrons. The van der Waals surface area contributed by atoms with E-state index >= 15 is 0 Å². The number of aromatic nitrogens is 4. The Morgan fingerprint density at radius 2 is 2.26 bits per heavy atom. The molecule has 1 fully saturated rings. The Bertz CT molecular complexity index is 702. The summed E-state index contributed by atoms with van der Waals surface area (Å²) in [6.45, 7) is 3.58. The molecular weight excluding hydrogens is 298 g/mol. The maximum atomic E-state index is 11.1. The van der Waals surface area contributed by atoms with Crippen molar-refractivity contribution in [2.24, 2.45) is 7.05 Å². The summed E-state index contributed by atoms with van der Waals surface area (Å²) in [5.74, 6) is 1.27. The highest BCUT2D eigenvalue weighted by molar-refractivity contribution is 5.66. The molecule has 1 aliphatic heterocycles. The van der Waals surface area contributed by atoms with Crippen molar-refractivity contribution in [2.45, 2.75) is 13.0 Å². The van der Waals surface area contributed by atoms with Gasteiger partial charge in [-0.1, -0.05) is 0 Å². The highest BCUT2D eigenvalue weighted by Crippen LogP contribution is 2.19. The smallest absolute Gasteiger partial charge is 0.407 e. The van der Waals surface area contributed by atoms with E-state index in [0.717, 1.165) is 11.5 Å². The Morgan fingerprint density at radius 1 is 1.43 bits per heavy atom. The van der Waals surface area contributed by atoms with Crippen molar-refractivity contribution >= 4 is 23.5 Å². The van der Waals surface area contributed by atoms with E-state index in [1.165, 1.54) is 4.90 Å². The first-order valence-electron chi connectivity index (χ1n) is 7.36. The lowest BCUT2D eigenvalue weighted by Gasteiger charge is -2.38. The zero-order chi connectivity index (χ0) is 16.4.